The first kappa shape index (κ1) is 28.3. The van der Waals surface area contributed by atoms with Gasteiger partial charge in [-0.3, -0.25) is 24.1 Å². The molecule has 8 heteroatoms. The summed E-state index contributed by atoms with van der Waals surface area (Å²) < 4.78 is 0. The monoisotopic (exact) mass is 596 g/mol. The molecule has 2 heterocycles. The summed E-state index contributed by atoms with van der Waals surface area (Å²) in [5, 5.41) is 6.61. The number of nitrogens with one attached hydrogen (secondary N) is 2. The Bertz CT molecular complexity index is 1800. The first-order valence-electron chi connectivity index (χ1n) is 15.1. The molecule has 2 saturated heterocycles. The Labute approximate surface area is 261 Å². The highest BCUT2D eigenvalue weighted by Crippen LogP contribution is 2.46. The topological polar surface area (TPSA) is 98.8 Å². The highest BCUT2D eigenvalue weighted by atomic mass is 16.2. The zero-order valence-corrected chi connectivity index (χ0v) is 24.7. The third kappa shape index (κ3) is 5.29. The maximum absolute atomic E-state index is 13.7. The summed E-state index contributed by atoms with van der Waals surface area (Å²) in [6.45, 7) is 1.85. The molecule has 0 bridgehead atoms. The van der Waals surface area contributed by atoms with Crippen LogP contribution in [0.1, 0.15) is 19.8 Å². The lowest BCUT2D eigenvalue weighted by Gasteiger charge is -2.29. The summed E-state index contributed by atoms with van der Waals surface area (Å²) in [6, 6.07) is 33.9. The van der Waals surface area contributed by atoms with Crippen molar-refractivity contribution in [2.45, 2.75) is 19.8 Å². The quantitative estimate of drug-likeness (QED) is 0.179. The lowest BCUT2D eigenvalue weighted by atomic mass is 9.71. The van der Waals surface area contributed by atoms with Crippen molar-refractivity contribution < 1.29 is 19.2 Å². The summed E-state index contributed by atoms with van der Waals surface area (Å²) in [5.41, 5.74) is 5.37. The Balaban J connectivity index is 1.05. The second-order valence-electron chi connectivity index (χ2n) is 11.9. The Morgan fingerprint density at radius 2 is 1.02 bits per heavy atom. The Hall–Kier alpha value is -5.50. The highest BCUT2D eigenvalue weighted by molar-refractivity contribution is 6.23. The van der Waals surface area contributed by atoms with Gasteiger partial charge in [0.05, 0.1) is 29.1 Å². The number of para-hydroxylation sites is 2. The predicted octanol–water partition coefficient (Wildman–Crippen LogP) is 6.83. The largest absolute Gasteiger partial charge is 0.356 e. The number of anilines is 6. The van der Waals surface area contributed by atoms with Gasteiger partial charge in [-0.1, -0.05) is 48.0 Å². The fourth-order valence-corrected chi connectivity index (χ4v) is 6.84. The Kier molecular flexibility index (Phi) is 7.25. The number of nitrogens with zero attached hydrogens (tertiary/aromatic N) is 2. The van der Waals surface area contributed by atoms with Gasteiger partial charge < -0.3 is 10.6 Å². The number of carbonyl (C=O) groups is 4. The molecule has 4 unspecified atom stereocenters. The van der Waals surface area contributed by atoms with Crippen LogP contribution in [0.5, 0.6) is 0 Å². The number of hydrogen-bond donors (Lipinski definition) is 2. The normalized spacial score (nSPS) is 22.8. The van der Waals surface area contributed by atoms with E-state index in [0.29, 0.717) is 17.8 Å². The molecule has 4 atom stereocenters. The van der Waals surface area contributed by atoms with Crippen LogP contribution in [0.3, 0.4) is 0 Å². The molecule has 4 amide bonds. The minimum atomic E-state index is -0.587. The van der Waals surface area contributed by atoms with Crippen LogP contribution in [0, 0.1) is 23.7 Å². The molecule has 8 nitrogen and oxygen atoms in total. The van der Waals surface area contributed by atoms with Crippen molar-refractivity contribution in [1.29, 1.82) is 0 Å². The van der Waals surface area contributed by atoms with Crippen LogP contribution in [0.15, 0.2) is 121 Å². The van der Waals surface area contributed by atoms with Gasteiger partial charge in [-0.15, -0.1) is 0 Å². The average molecular weight is 597 g/mol. The number of hydrogen-bond acceptors (Lipinski definition) is 6. The SMILES string of the molecule is CC1=CC(C2CC(=O)N(c3ccc(Nc4ccccc4)cc3)C2=O)CC2C(=O)N(c3ccc(Nc4ccccc4)cc3)C(=O)C12. The van der Waals surface area contributed by atoms with Gasteiger partial charge in [0.2, 0.25) is 23.6 Å². The van der Waals surface area contributed by atoms with Crippen molar-refractivity contribution in [3.63, 3.8) is 0 Å². The fraction of sp³-hybridized carbons (Fsp3) is 0.189. The average Bonchev–Trinajstić information content (AvgIpc) is 3.49. The van der Waals surface area contributed by atoms with Crippen molar-refractivity contribution in [3.05, 3.63) is 121 Å². The zero-order valence-electron chi connectivity index (χ0n) is 24.7. The molecule has 4 aromatic rings. The maximum Gasteiger partial charge on any atom is 0.241 e. The third-order valence-electron chi connectivity index (χ3n) is 8.99. The number of rotatable bonds is 7. The van der Waals surface area contributed by atoms with Gasteiger partial charge in [-0.05, 0) is 92.1 Å². The summed E-state index contributed by atoms with van der Waals surface area (Å²) in [4.78, 5) is 56.7. The lowest BCUT2D eigenvalue weighted by molar-refractivity contribution is -0.125. The van der Waals surface area contributed by atoms with Crippen LogP contribution < -0.4 is 20.4 Å². The Morgan fingerprint density at radius 3 is 1.56 bits per heavy atom. The highest BCUT2D eigenvalue weighted by Gasteiger charge is 2.54. The zero-order chi connectivity index (χ0) is 31.1. The molecule has 2 aliphatic heterocycles. The van der Waals surface area contributed by atoms with Crippen molar-refractivity contribution in [2.24, 2.45) is 23.7 Å². The smallest absolute Gasteiger partial charge is 0.241 e. The van der Waals surface area contributed by atoms with E-state index in [1.165, 1.54) is 9.80 Å². The number of imide groups is 2. The van der Waals surface area contributed by atoms with Crippen LogP contribution in [0.25, 0.3) is 0 Å². The number of amides is 4. The lowest BCUT2D eigenvalue weighted by Crippen LogP contribution is -2.35. The van der Waals surface area contributed by atoms with E-state index in [4.69, 9.17) is 0 Å². The van der Waals surface area contributed by atoms with E-state index < -0.39 is 17.8 Å². The molecule has 0 saturated carbocycles. The van der Waals surface area contributed by atoms with Crippen LogP contribution in [0.2, 0.25) is 0 Å². The van der Waals surface area contributed by atoms with Crippen molar-refractivity contribution in [1.82, 2.24) is 0 Å². The van der Waals surface area contributed by atoms with Crippen molar-refractivity contribution in [3.8, 4) is 0 Å². The number of fused-ring (bicyclic) bond motifs is 1. The second kappa shape index (κ2) is 11.5. The molecule has 0 aromatic heterocycles. The number of benzene rings is 4. The van der Waals surface area contributed by atoms with E-state index >= 15 is 0 Å². The summed E-state index contributed by atoms with van der Waals surface area (Å²) in [6.07, 6.45) is 2.35. The second-order valence-corrected chi connectivity index (χ2v) is 11.9. The van der Waals surface area contributed by atoms with E-state index in [0.717, 1.165) is 28.3 Å². The summed E-state index contributed by atoms with van der Waals surface area (Å²) in [5.74, 6) is -3.09. The molecule has 1 aliphatic carbocycles. The molecular formula is C37H32N4O4. The van der Waals surface area contributed by atoms with Crippen LogP contribution in [-0.4, -0.2) is 23.6 Å². The van der Waals surface area contributed by atoms with E-state index in [1.54, 1.807) is 24.3 Å². The van der Waals surface area contributed by atoms with E-state index in [1.807, 2.05) is 97.9 Å². The fourth-order valence-electron chi connectivity index (χ4n) is 6.84. The van der Waals surface area contributed by atoms with E-state index in [2.05, 4.69) is 10.6 Å². The number of carbonyl (C=O) groups excluding carboxylic acids is 4. The molecule has 4 aromatic carbocycles. The molecule has 7 rings (SSSR count). The first-order chi connectivity index (χ1) is 21.9. The van der Waals surface area contributed by atoms with Gasteiger partial charge >= 0.3 is 0 Å². The standard InChI is InChI=1S/C37H32N4O4/c1-23-20-24(31-22-33(42)40(35(31)43)29-16-12-27(13-17-29)38-25-8-4-2-5-9-25)21-32-34(23)37(45)41(36(32)44)30-18-14-28(15-19-30)39-26-10-6-3-7-11-26/h2-20,24,31-32,34,38-39H,21-22H2,1H3. The van der Waals surface area contributed by atoms with Crippen molar-refractivity contribution in [2.75, 3.05) is 20.4 Å². The van der Waals surface area contributed by atoms with Crippen LogP contribution >= 0.6 is 0 Å². The number of allylic oxidation sites excluding steroid dienone is 1. The molecule has 0 radical (unpaired) electrons. The van der Waals surface area contributed by atoms with Gasteiger partial charge in [-0.25, -0.2) is 4.90 Å². The molecule has 2 N–H and O–H groups in total. The van der Waals surface area contributed by atoms with Gasteiger partial charge in [0.1, 0.15) is 0 Å². The van der Waals surface area contributed by atoms with E-state index in [-0.39, 0.29) is 36.0 Å². The maximum atomic E-state index is 13.7. The molecule has 2 fully saturated rings. The van der Waals surface area contributed by atoms with E-state index in [9.17, 15) is 19.2 Å². The minimum absolute atomic E-state index is 0.0659. The van der Waals surface area contributed by atoms with Gasteiger partial charge in [0.15, 0.2) is 0 Å². The van der Waals surface area contributed by atoms with Gasteiger partial charge in [-0.2, -0.15) is 0 Å². The first-order valence-corrected chi connectivity index (χ1v) is 15.1. The molecule has 0 spiro atoms. The van der Waals surface area contributed by atoms with Crippen LogP contribution in [-0.2, 0) is 19.2 Å². The van der Waals surface area contributed by atoms with Crippen LogP contribution in [0.4, 0.5) is 34.1 Å². The summed E-state index contributed by atoms with van der Waals surface area (Å²) >= 11 is 0. The van der Waals surface area contributed by atoms with Gasteiger partial charge in [0, 0.05) is 29.2 Å². The third-order valence-corrected chi connectivity index (χ3v) is 8.99. The molecular weight excluding hydrogens is 564 g/mol. The molecule has 45 heavy (non-hydrogen) atoms. The molecule has 224 valence electrons. The predicted molar refractivity (Wildman–Crippen MR) is 174 cm³/mol. The minimum Gasteiger partial charge on any atom is -0.356 e. The Morgan fingerprint density at radius 1 is 0.556 bits per heavy atom. The van der Waals surface area contributed by atoms with Gasteiger partial charge in [0.25, 0.3) is 0 Å². The summed E-state index contributed by atoms with van der Waals surface area (Å²) in [7, 11) is 0. The van der Waals surface area contributed by atoms with Crippen molar-refractivity contribution >= 4 is 57.8 Å². The molecule has 3 aliphatic rings.